The highest BCUT2D eigenvalue weighted by Gasteiger charge is 2.04. The number of para-hydroxylation sites is 1. The molecule has 18 heavy (non-hydrogen) atoms. The quantitative estimate of drug-likeness (QED) is 0.688. The van der Waals surface area contributed by atoms with E-state index < -0.39 is 0 Å². The van der Waals surface area contributed by atoms with Gasteiger partial charge in [0.1, 0.15) is 12.4 Å². The van der Waals surface area contributed by atoms with E-state index in [-0.39, 0.29) is 5.91 Å². The Labute approximate surface area is 109 Å². The van der Waals surface area contributed by atoms with Gasteiger partial charge in [0.05, 0.1) is 6.54 Å². The lowest BCUT2D eigenvalue weighted by Crippen LogP contribution is -2.28. The van der Waals surface area contributed by atoms with Crippen molar-refractivity contribution in [3.8, 4) is 5.75 Å². The summed E-state index contributed by atoms with van der Waals surface area (Å²) in [5.74, 6) is 1.28. The molecule has 0 fully saturated rings. The summed E-state index contributed by atoms with van der Waals surface area (Å²) in [6.45, 7) is 3.70. The van der Waals surface area contributed by atoms with Crippen LogP contribution in [0.2, 0.25) is 0 Å². The summed E-state index contributed by atoms with van der Waals surface area (Å²) >= 11 is 0. The fraction of sp³-hybridized carbons (Fsp3) is 0.500. The Morgan fingerprint density at radius 2 is 2.11 bits per heavy atom. The molecule has 1 unspecified atom stereocenters. The highest BCUT2D eigenvalue weighted by molar-refractivity contribution is 5.75. The van der Waals surface area contributed by atoms with Crippen molar-refractivity contribution in [1.29, 1.82) is 0 Å². The van der Waals surface area contributed by atoms with Crippen LogP contribution in [0.1, 0.15) is 19.8 Å². The average molecular weight is 250 g/mol. The highest BCUT2D eigenvalue weighted by Crippen LogP contribution is 2.07. The molecule has 0 spiro atoms. The number of carbonyl (C=O) groups excluding carboxylic acids is 1. The van der Waals surface area contributed by atoms with Crippen LogP contribution in [-0.2, 0) is 4.79 Å². The van der Waals surface area contributed by atoms with Crippen LogP contribution >= 0.6 is 0 Å². The van der Waals surface area contributed by atoms with E-state index in [1.165, 1.54) is 0 Å². The first-order valence-electron chi connectivity index (χ1n) is 6.37. The van der Waals surface area contributed by atoms with E-state index in [0.29, 0.717) is 32.0 Å². The monoisotopic (exact) mass is 250 g/mol. The van der Waals surface area contributed by atoms with Crippen LogP contribution in [0.15, 0.2) is 30.3 Å². The van der Waals surface area contributed by atoms with Crippen molar-refractivity contribution in [2.75, 3.05) is 19.7 Å². The summed E-state index contributed by atoms with van der Waals surface area (Å²) in [6.07, 6.45) is 1.37. The van der Waals surface area contributed by atoms with E-state index in [0.717, 1.165) is 12.2 Å². The van der Waals surface area contributed by atoms with Crippen molar-refractivity contribution >= 4 is 5.91 Å². The number of carbonyl (C=O) groups is 1. The molecule has 0 radical (unpaired) electrons. The first-order valence-corrected chi connectivity index (χ1v) is 6.37. The van der Waals surface area contributed by atoms with Crippen molar-refractivity contribution in [1.82, 2.24) is 5.32 Å². The van der Waals surface area contributed by atoms with Gasteiger partial charge in [-0.05, 0) is 31.0 Å². The van der Waals surface area contributed by atoms with Crippen molar-refractivity contribution in [2.45, 2.75) is 19.8 Å². The standard InChI is InChI=1S/C14H22N2O2/c1-12(11-15)7-8-14(17)16-9-10-18-13-5-3-2-4-6-13/h2-6,12H,7-11,15H2,1H3,(H,16,17). The van der Waals surface area contributed by atoms with Gasteiger partial charge < -0.3 is 15.8 Å². The van der Waals surface area contributed by atoms with Crippen LogP contribution in [0.5, 0.6) is 5.75 Å². The summed E-state index contributed by atoms with van der Waals surface area (Å²) < 4.78 is 5.47. The predicted molar refractivity (Wildman–Crippen MR) is 72.4 cm³/mol. The van der Waals surface area contributed by atoms with Gasteiger partial charge >= 0.3 is 0 Å². The van der Waals surface area contributed by atoms with Gasteiger partial charge in [0, 0.05) is 6.42 Å². The molecule has 0 saturated carbocycles. The normalized spacial score (nSPS) is 11.9. The molecule has 0 bridgehead atoms. The van der Waals surface area contributed by atoms with Crippen molar-refractivity contribution < 1.29 is 9.53 Å². The summed E-state index contributed by atoms with van der Waals surface area (Å²) in [4.78, 5) is 11.5. The molecule has 0 aliphatic heterocycles. The predicted octanol–water partition coefficient (Wildman–Crippen LogP) is 1.56. The van der Waals surface area contributed by atoms with E-state index in [2.05, 4.69) is 5.32 Å². The highest BCUT2D eigenvalue weighted by atomic mass is 16.5. The molecule has 0 heterocycles. The van der Waals surface area contributed by atoms with E-state index in [4.69, 9.17) is 10.5 Å². The molecule has 0 aliphatic carbocycles. The summed E-state index contributed by atoms with van der Waals surface area (Å²) in [5, 5.41) is 2.83. The van der Waals surface area contributed by atoms with Gasteiger partial charge in [-0.1, -0.05) is 25.1 Å². The molecule has 1 atom stereocenters. The van der Waals surface area contributed by atoms with Gasteiger partial charge in [0.25, 0.3) is 0 Å². The maximum atomic E-state index is 11.5. The molecular formula is C14H22N2O2. The summed E-state index contributed by atoms with van der Waals surface area (Å²) in [6, 6.07) is 9.56. The SMILES string of the molecule is CC(CN)CCC(=O)NCCOc1ccccc1. The van der Waals surface area contributed by atoms with E-state index in [1.54, 1.807) is 0 Å². The lowest BCUT2D eigenvalue weighted by molar-refractivity contribution is -0.121. The Morgan fingerprint density at radius 3 is 2.78 bits per heavy atom. The molecular weight excluding hydrogens is 228 g/mol. The topological polar surface area (TPSA) is 64.4 Å². The minimum atomic E-state index is 0.0620. The molecule has 1 rings (SSSR count). The van der Waals surface area contributed by atoms with Crippen molar-refractivity contribution in [2.24, 2.45) is 11.7 Å². The number of rotatable bonds is 8. The van der Waals surface area contributed by atoms with Crippen molar-refractivity contribution in [3.63, 3.8) is 0 Å². The Morgan fingerprint density at radius 1 is 1.39 bits per heavy atom. The number of hydrogen-bond donors (Lipinski definition) is 2. The number of nitrogens with one attached hydrogen (secondary N) is 1. The minimum Gasteiger partial charge on any atom is -0.492 e. The fourth-order valence-electron chi connectivity index (χ4n) is 1.46. The minimum absolute atomic E-state index is 0.0620. The summed E-state index contributed by atoms with van der Waals surface area (Å²) in [5.41, 5.74) is 5.49. The Balaban J connectivity index is 2.05. The Kier molecular flexibility index (Phi) is 6.87. The van der Waals surface area contributed by atoms with Crippen LogP contribution < -0.4 is 15.8 Å². The zero-order valence-corrected chi connectivity index (χ0v) is 10.9. The molecule has 100 valence electrons. The summed E-state index contributed by atoms with van der Waals surface area (Å²) in [7, 11) is 0. The third-order valence-corrected chi connectivity index (χ3v) is 2.70. The van der Waals surface area contributed by atoms with Gasteiger partial charge in [-0.2, -0.15) is 0 Å². The van der Waals surface area contributed by atoms with Crippen molar-refractivity contribution in [3.05, 3.63) is 30.3 Å². The van der Waals surface area contributed by atoms with Gasteiger partial charge in [-0.15, -0.1) is 0 Å². The maximum absolute atomic E-state index is 11.5. The number of benzene rings is 1. The molecule has 3 N–H and O–H groups in total. The third-order valence-electron chi connectivity index (χ3n) is 2.70. The average Bonchev–Trinajstić information content (AvgIpc) is 2.42. The maximum Gasteiger partial charge on any atom is 0.220 e. The van der Waals surface area contributed by atoms with E-state index in [9.17, 15) is 4.79 Å². The van der Waals surface area contributed by atoms with Crippen LogP contribution in [0.25, 0.3) is 0 Å². The second-order valence-corrected chi connectivity index (χ2v) is 4.39. The lowest BCUT2D eigenvalue weighted by Gasteiger charge is -2.09. The smallest absolute Gasteiger partial charge is 0.220 e. The number of hydrogen-bond acceptors (Lipinski definition) is 3. The van der Waals surface area contributed by atoms with Gasteiger partial charge in [0.2, 0.25) is 5.91 Å². The van der Waals surface area contributed by atoms with Gasteiger partial charge in [0.15, 0.2) is 0 Å². The largest absolute Gasteiger partial charge is 0.492 e. The fourth-order valence-corrected chi connectivity index (χ4v) is 1.46. The molecule has 0 saturated heterocycles. The van der Waals surface area contributed by atoms with Crippen LogP contribution in [0.3, 0.4) is 0 Å². The van der Waals surface area contributed by atoms with Crippen LogP contribution in [0.4, 0.5) is 0 Å². The Hall–Kier alpha value is -1.55. The molecule has 1 aromatic carbocycles. The van der Waals surface area contributed by atoms with E-state index in [1.807, 2.05) is 37.3 Å². The van der Waals surface area contributed by atoms with Gasteiger partial charge in [-0.25, -0.2) is 0 Å². The van der Waals surface area contributed by atoms with Gasteiger partial charge in [-0.3, -0.25) is 4.79 Å². The second kappa shape index (κ2) is 8.53. The first-order chi connectivity index (χ1) is 8.72. The molecule has 0 aromatic heterocycles. The molecule has 4 nitrogen and oxygen atoms in total. The van der Waals surface area contributed by atoms with Crippen LogP contribution in [-0.4, -0.2) is 25.6 Å². The first kappa shape index (κ1) is 14.5. The second-order valence-electron chi connectivity index (χ2n) is 4.39. The molecule has 0 aliphatic rings. The third kappa shape index (κ3) is 6.25. The number of amides is 1. The molecule has 4 heteroatoms. The number of ether oxygens (including phenoxy) is 1. The molecule has 1 aromatic rings. The number of nitrogens with two attached hydrogens (primary N) is 1. The zero-order chi connectivity index (χ0) is 13.2. The Bertz CT molecular complexity index is 341. The van der Waals surface area contributed by atoms with Crippen LogP contribution in [0, 0.1) is 5.92 Å². The lowest BCUT2D eigenvalue weighted by atomic mass is 10.1. The van der Waals surface area contributed by atoms with E-state index >= 15 is 0 Å². The molecule has 1 amide bonds. The zero-order valence-electron chi connectivity index (χ0n) is 10.9.